The summed E-state index contributed by atoms with van der Waals surface area (Å²) in [6.45, 7) is -0.148. The molecular formula is C11H10NO. The van der Waals surface area contributed by atoms with Crippen LogP contribution in [0, 0.1) is 0 Å². The fourth-order valence-electron chi connectivity index (χ4n) is 1.29. The Kier molecular flexibility index (Phi) is 2.15. The summed E-state index contributed by atoms with van der Waals surface area (Å²) in [5.74, 6) is 0. The van der Waals surface area contributed by atoms with E-state index in [-0.39, 0.29) is 6.61 Å². The molecule has 0 saturated heterocycles. The fraction of sp³-hybridized carbons (Fsp3) is 0.0909. The fourth-order valence-corrected chi connectivity index (χ4v) is 1.29. The van der Waals surface area contributed by atoms with Crippen LogP contribution in [0.15, 0.2) is 42.6 Å². The number of rotatable bonds is 2. The van der Waals surface area contributed by atoms with E-state index in [9.17, 15) is 5.11 Å². The second-order valence-electron chi connectivity index (χ2n) is 2.93. The summed E-state index contributed by atoms with van der Waals surface area (Å²) >= 11 is 0. The van der Waals surface area contributed by atoms with E-state index in [1.807, 2.05) is 42.6 Å². The number of aromatic nitrogens is 1. The van der Waals surface area contributed by atoms with Gasteiger partial charge < -0.3 is 4.98 Å². The van der Waals surface area contributed by atoms with Crippen molar-refractivity contribution in [3.05, 3.63) is 48.2 Å². The third-order valence-electron chi connectivity index (χ3n) is 2.03. The first kappa shape index (κ1) is 8.08. The summed E-state index contributed by atoms with van der Waals surface area (Å²) in [6.07, 6.45) is 1.89. The summed E-state index contributed by atoms with van der Waals surface area (Å²) in [6, 6.07) is 11.6. The van der Waals surface area contributed by atoms with Gasteiger partial charge in [-0.3, -0.25) is 0 Å². The molecule has 2 nitrogen and oxygen atoms in total. The molecule has 1 radical (unpaired) electrons. The van der Waals surface area contributed by atoms with Gasteiger partial charge in [-0.2, -0.15) is 0 Å². The third-order valence-corrected chi connectivity index (χ3v) is 2.03. The van der Waals surface area contributed by atoms with Gasteiger partial charge in [0, 0.05) is 11.9 Å². The lowest BCUT2D eigenvalue weighted by molar-refractivity contribution is 0.177. The molecule has 0 atom stereocenters. The minimum absolute atomic E-state index is 0.148. The van der Waals surface area contributed by atoms with Crippen molar-refractivity contribution in [2.24, 2.45) is 0 Å². The molecular weight excluding hydrogens is 162 g/mol. The standard InChI is InChI=1S/C11H10NO/c13-8-9-3-5-10(6-4-9)11-2-1-7-12-11/h1-7,12H,8H2. The zero-order valence-corrected chi connectivity index (χ0v) is 7.16. The van der Waals surface area contributed by atoms with Crippen LogP contribution in [0.2, 0.25) is 0 Å². The van der Waals surface area contributed by atoms with Gasteiger partial charge in [0.25, 0.3) is 0 Å². The SMILES string of the molecule is [O]Cc1ccc(-c2ccc[nH]2)cc1. The molecule has 13 heavy (non-hydrogen) atoms. The molecule has 0 amide bonds. The highest BCUT2D eigenvalue weighted by Crippen LogP contribution is 2.17. The highest BCUT2D eigenvalue weighted by molar-refractivity contribution is 5.59. The van der Waals surface area contributed by atoms with E-state index < -0.39 is 0 Å². The molecule has 0 fully saturated rings. The Labute approximate surface area is 76.9 Å². The van der Waals surface area contributed by atoms with Crippen LogP contribution >= 0.6 is 0 Å². The van der Waals surface area contributed by atoms with Crippen molar-refractivity contribution >= 4 is 0 Å². The minimum Gasteiger partial charge on any atom is -0.361 e. The van der Waals surface area contributed by atoms with Gasteiger partial charge in [-0.25, -0.2) is 5.11 Å². The summed E-state index contributed by atoms with van der Waals surface area (Å²) < 4.78 is 0. The molecule has 0 unspecified atom stereocenters. The van der Waals surface area contributed by atoms with Crippen molar-refractivity contribution in [3.63, 3.8) is 0 Å². The normalized spacial score (nSPS) is 10.2. The smallest absolute Gasteiger partial charge is 0.107 e. The molecule has 0 aliphatic heterocycles. The van der Waals surface area contributed by atoms with Gasteiger partial charge in [-0.1, -0.05) is 24.3 Å². The van der Waals surface area contributed by atoms with Crippen LogP contribution in [0.25, 0.3) is 11.3 Å². The van der Waals surface area contributed by atoms with Gasteiger partial charge in [-0.15, -0.1) is 0 Å². The van der Waals surface area contributed by atoms with Crippen LogP contribution in [-0.4, -0.2) is 4.98 Å². The van der Waals surface area contributed by atoms with Crippen LogP contribution < -0.4 is 0 Å². The Hall–Kier alpha value is -1.54. The lowest BCUT2D eigenvalue weighted by Gasteiger charge is -1.98. The van der Waals surface area contributed by atoms with Gasteiger partial charge in [0.15, 0.2) is 0 Å². The van der Waals surface area contributed by atoms with Crippen LogP contribution in [0.4, 0.5) is 0 Å². The Bertz CT molecular complexity index is 361. The molecule has 0 aliphatic carbocycles. The van der Waals surface area contributed by atoms with E-state index in [2.05, 4.69) is 4.98 Å². The summed E-state index contributed by atoms with van der Waals surface area (Å²) in [5, 5.41) is 10.5. The lowest BCUT2D eigenvalue weighted by Crippen LogP contribution is -1.81. The van der Waals surface area contributed by atoms with Crippen LogP contribution in [0.3, 0.4) is 0 Å². The van der Waals surface area contributed by atoms with E-state index in [1.54, 1.807) is 0 Å². The zero-order chi connectivity index (χ0) is 9.10. The maximum absolute atomic E-state index is 10.5. The van der Waals surface area contributed by atoms with E-state index in [0.29, 0.717) is 0 Å². The van der Waals surface area contributed by atoms with Crippen molar-refractivity contribution in [3.8, 4) is 11.3 Å². The van der Waals surface area contributed by atoms with Crippen LogP contribution in [-0.2, 0) is 11.7 Å². The van der Waals surface area contributed by atoms with E-state index in [4.69, 9.17) is 0 Å². The summed E-state index contributed by atoms with van der Waals surface area (Å²) in [7, 11) is 0. The Morgan fingerprint density at radius 1 is 1.08 bits per heavy atom. The van der Waals surface area contributed by atoms with Crippen molar-refractivity contribution in [1.82, 2.24) is 4.98 Å². The quantitative estimate of drug-likeness (QED) is 0.722. The molecule has 1 heterocycles. The Balaban J connectivity index is 2.33. The number of nitrogens with one attached hydrogen (secondary N) is 1. The van der Waals surface area contributed by atoms with Gasteiger partial charge in [0.1, 0.15) is 6.61 Å². The third kappa shape index (κ3) is 1.63. The van der Waals surface area contributed by atoms with Gasteiger partial charge in [-0.05, 0) is 23.3 Å². The maximum Gasteiger partial charge on any atom is 0.107 e. The predicted octanol–water partition coefficient (Wildman–Crippen LogP) is 2.61. The molecule has 65 valence electrons. The molecule has 2 aromatic rings. The van der Waals surface area contributed by atoms with Gasteiger partial charge in [0.2, 0.25) is 0 Å². The summed E-state index contributed by atoms with van der Waals surface area (Å²) in [4.78, 5) is 3.11. The first-order chi connectivity index (χ1) is 6.40. The van der Waals surface area contributed by atoms with Crippen LogP contribution in [0.5, 0.6) is 0 Å². The topological polar surface area (TPSA) is 35.7 Å². The Morgan fingerprint density at radius 3 is 2.38 bits per heavy atom. The molecule has 0 bridgehead atoms. The second-order valence-corrected chi connectivity index (χ2v) is 2.93. The highest BCUT2D eigenvalue weighted by Gasteiger charge is 1.97. The second kappa shape index (κ2) is 3.46. The number of hydrogen-bond acceptors (Lipinski definition) is 0. The Morgan fingerprint density at radius 2 is 1.85 bits per heavy atom. The average Bonchev–Trinajstić information content (AvgIpc) is 2.71. The highest BCUT2D eigenvalue weighted by atomic mass is 16.3. The number of hydrogen-bond donors (Lipinski definition) is 1. The predicted molar refractivity (Wildman–Crippen MR) is 50.6 cm³/mol. The van der Waals surface area contributed by atoms with E-state index >= 15 is 0 Å². The lowest BCUT2D eigenvalue weighted by atomic mass is 10.1. The van der Waals surface area contributed by atoms with Crippen molar-refractivity contribution < 1.29 is 5.11 Å². The largest absolute Gasteiger partial charge is 0.361 e. The molecule has 2 heteroatoms. The minimum atomic E-state index is -0.148. The van der Waals surface area contributed by atoms with E-state index in [1.165, 1.54) is 0 Å². The molecule has 0 spiro atoms. The molecule has 0 saturated carbocycles. The monoisotopic (exact) mass is 172 g/mol. The van der Waals surface area contributed by atoms with Crippen LogP contribution in [0.1, 0.15) is 5.56 Å². The van der Waals surface area contributed by atoms with E-state index in [0.717, 1.165) is 16.8 Å². The first-order valence-corrected chi connectivity index (χ1v) is 4.21. The molecule has 2 rings (SSSR count). The maximum atomic E-state index is 10.5. The molecule has 1 aromatic heterocycles. The zero-order valence-electron chi connectivity index (χ0n) is 7.16. The molecule has 1 N–H and O–H groups in total. The first-order valence-electron chi connectivity index (χ1n) is 4.21. The summed E-state index contributed by atoms with van der Waals surface area (Å²) in [5.41, 5.74) is 3.02. The van der Waals surface area contributed by atoms with Crippen molar-refractivity contribution in [2.45, 2.75) is 6.61 Å². The van der Waals surface area contributed by atoms with Crippen molar-refractivity contribution in [2.75, 3.05) is 0 Å². The molecule has 1 aromatic carbocycles. The number of benzene rings is 1. The number of H-pyrrole nitrogens is 1. The van der Waals surface area contributed by atoms with Gasteiger partial charge in [0.05, 0.1) is 0 Å². The molecule has 0 aliphatic rings. The number of aromatic amines is 1. The average molecular weight is 172 g/mol. The van der Waals surface area contributed by atoms with Gasteiger partial charge >= 0.3 is 0 Å². The van der Waals surface area contributed by atoms with Crippen molar-refractivity contribution in [1.29, 1.82) is 0 Å².